The van der Waals surface area contributed by atoms with Gasteiger partial charge in [-0.2, -0.15) is 8.42 Å². The van der Waals surface area contributed by atoms with Crippen LogP contribution in [0.15, 0.2) is 27.3 Å². The fraction of sp³-hybridized carbons (Fsp3) is 0.405. The van der Waals surface area contributed by atoms with Gasteiger partial charge in [0.15, 0.2) is 5.75 Å². The second-order valence-electron chi connectivity index (χ2n) is 12.5. The van der Waals surface area contributed by atoms with E-state index in [4.69, 9.17) is 33.0 Å². The SMILES string of the molecule is COc1c2c3c4c(c(NCCCCS(=O)(=O)OCCOCCOCCO)c(=O)c5c(O)cc(OC)c(c6c(OC)cc(O)c(c1=O)c63)c54)C=C(C)C2. The molecule has 0 amide bonds. The summed E-state index contributed by atoms with van der Waals surface area (Å²) in [6.07, 6.45) is 2.74. The number of hydrogen-bond donors (Lipinski definition) is 4. The number of anilines is 1. The molecule has 15 heteroatoms. The molecule has 4 N–H and O–H groups in total. The number of aliphatic hydroxyl groups is 1. The quantitative estimate of drug-likeness (QED) is 0.0438. The number of phenols is 2. The van der Waals surface area contributed by atoms with E-state index in [0.29, 0.717) is 49.9 Å². The standard InChI is InChI=1S/C37H41NO13S/c1-19-15-20-26-27-21(16-19)37(48-4)36(43)29-23(41)18-25(47-3)31(33(27)29)30-24(46-2)17-22(40)28(32(26)30)35(42)34(20)38-7-5-6-14-52(44,45)51-13-12-50-11-10-49-9-8-39/h15,17-18,38-41H,5-14,16H2,1-4H3. The Balaban J connectivity index is 1.41. The van der Waals surface area contributed by atoms with Gasteiger partial charge in [-0.1, -0.05) is 11.6 Å². The van der Waals surface area contributed by atoms with E-state index in [9.17, 15) is 28.2 Å². The van der Waals surface area contributed by atoms with Crippen molar-refractivity contribution < 1.29 is 51.6 Å². The molecule has 0 spiro atoms. The van der Waals surface area contributed by atoms with Gasteiger partial charge in [-0.25, -0.2) is 0 Å². The molecule has 1 aliphatic rings. The first-order valence-corrected chi connectivity index (χ1v) is 18.4. The molecule has 0 fully saturated rings. The third-order valence-corrected chi connectivity index (χ3v) is 10.6. The predicted molar refractivity (Wildman–Crippen MR) is 198 cm³/mol. The van der Waals surface area contributed by atoms with E-state index in [2.05, 4.69) is 5.32 Å². The number of fused-ring (bicyclic) bond motifs is 1. The lowest BCUT2D eigenvalue weighted by molar-refractivity contribution is 0.0252. The monoisotopic (exact) mass is 739 g/mol. The van der Waals surface area contributed by atoms with Gasteiger partial charge in [-0.3, -0.25) is 13.8 Å². The number of phenolic OH excluding ortho intramolecular Hbond substituents is 2. The van der Waals surface area contributed by atoms with Gasteiger partial charge < -0.3 is 44.3 Å². The van der Waals surface area contributed by atoms with Crippen LogP contribution < -0.4 is 30.4 Å². The molecule has 52 heavy (non-hydrogen) atoms. The van der Waals surface area contributed by atoms with Crippen molar-refractivity contribution in [2.45, 2.75) is 26.2 Å². The van der Waals surface area contributed by atoms with Crippen molar-refractivity contribution in [3.8, 4) is 28.7 Å². The molecular formula is C37H41NO13S. The van der Waals surface area contributed by atoms with E-state index in [1.54, 1.807) is 0 Å². The molecule has 1 aliphatic carbocycles. The maximum atomic E-state index is 14.4. The molecule has 0 saturated heterocycles. The average Bonchev–Trinajstić information content (AvgIpc) is 3.26. The summed E-state index contributed by atoms with van der Waals surface area (Å²) in [5.41, 5.74) is 1.09. The van der Waals surface area contributed by atoms with Crippen LogP contribution >= 0.6 is 0 Å². The lowest BCUT2D eigenvalue weighted by Gasteiger charge is -2.23. The van der Waals surface area contributed by atoms with Crippen molar-refractivity contribution >= 4 is 65.0 Å². The van der Waals surface area contributed by atoms with Crippen LogP contribution in [0.2, 0.25) is 0 Å². The number of hydrogen-bond acceptors (Lipinski definition) is 14. The summed E-state index contributed by atoms with van der Waals surface area (Å²) in [6, 6.07) is 2.69. The third-order valence-electron chi connectivity index (χ3n) is 9.25. The number of methoxy groups -OCH3 is 3. The third kappa shape index (κ3) is 6.47. The molecule has 0 saturated carbocycles. The molecule has 0 bridgehead atoms. The maximum absolute atomic E-state index is 14.4. The van der Waals surface area contributed by atoms with Gasteiger partial charge >= 0.3 is 0 Å². The number of nitrogens with one attached hydrogen (secondary N) is 1. The second kappa shape index (κ2) is 15.1. The largest absolute Gasteiger partial charge is 0.507 e. The summed E-state index contributed by atoms with van der Waals surface area (Å²) < 4.78 is 57.5. The number of aliphatic hydroxyl groups excluding tert-OH is 1. The molecule has 278 valence electrons. The van der Waals surface area contributed by atoms with Crippen LogP contribution in [0.1, 0.15) is 30.9 Å². The lowest BCUT2D eigenvalue weighted by Crippen LogP contribution is -2.18. The van der Waals surface area contributed by atoms with Gasteiger partial charge in [-0.15, -0.1) is 0 Å². The minimum atomic E-state index is -3.83. The van der Waals surface area contributed by atoms with Crippen molar-refractivity contribution in [2.75, 3.05) is 78.6 Å². The highest BCUT2D eigenvalue weighted by molar-refractivity contribution is 7.86. The van der Waals surface area contributed by atoms with Gasteiger partial charge in [0.25, 0.3) is 10.1 Å². The first-order valence-electron chi connectivity index (χ1n) is 16.8. The minimum absolute atomic E-state index is 0.0215. The predicted octanol–water partition coefficient (Wildman–Crippen LogP) is 3.86. The van der Waals surface area contributed by atoms with Gasteiger partial charge in [0, 0.05) is 56.7 Å². The van der Waals surface area contributed by atoms with Crippen molar-refractivity contribution in [3.05, 3.63) is 49.3 Å². The normalized spacial score (nSPS) is 13.1. The van der Waals surface area contributed by atoms with Crippen molar-refractivity contribution in [1.82, 2.24) is 0 Å². The van der Waals surface area contributed by atoms with Crippen molar-refractivity contribution in [2.24, 2.45) is 0 Å². The Morgan fingerprint density at radius 3 is 1.94 bits per heavy atom. The Kier molecular flexibility index (Phi) is 10.8. The molecule has 0 aliphatic heterocycles. The molecule has 0 heterocycles. The van der Waals surface area contributed by atoms with E-state index >= 15 is 0 Å². The Hall–Kier alpha value is -4.67. The van der Waals surface area contributed by atoms with Crippen LogP contribution in [0.3, 0.4) is 0 Å². The van der Waals surface area contributed by atoms with E-state index in [0.717, 1.165) is 5.57 Å². The van der Waals surface area contributed by atoms with E-state index < -0.39 is 21.0 Å². The number of aromatic hydroxyl groups is 2. The number of ether oxygens (including phenoxy) is 5. The van der Waals surface area contributed by atoms with Crippen molar-refractivity contribution in [3.63, 3.8) is 0 Å². The van der Waals surface area contributed by atoms with Gasteiger partial charge in [0.1, 0.15) is 23.0 Å². The molecule has 0 unspecified atom stereocenters. The van der Waals surface area contributed by atoms with Crippen LogP contribution in [0.5, 0.6) is 28.7 Å². The summed E-state index contributed by atoms with van der Waals surface area (Å²) in [7, 11) is 0.434. The van der Waals surface area contributed by atoms with Gasteiger partial charge in [0.05, 0.1) is 83.2 Å². The molecule has 5 aromatic rings. The summed E-state index contributed by atoms with van der Waals surface area (Å²) in [5, 5.41) is 37.4. The first kappa shape index (κ1) is 37.1. The van der Waals surface area contributed by atoms with E-state index in [1.807, 2.05) is 13.0 Å². The molecule has 5 aromatic carbocycles. The van der Waals surface area contributed by atoms with Crippen LogP contribution in [0.4, 0.5) is 5.69 Å². The number of allylic oxidation sites excluding steroid dienone is 1. The fourth-order valence-corrected chi connectivity index (χ4v) is 8.19. The van der Waals surface area contributed by atoms with Crippen LogP contribution in [-0.2, 0) is 30.2 Å². The zero-order chi connectivity index (χ0) is 37.3. The first-order chi connectivity index (χ1) is 25.0. The molecule has 6 rings (SSSR count). The van der Waals surface area contributed by atoms with Gasteiger partial charge in [0.2, 0.25) is 10.9 Å². The minimum Gasteiger partial charge on any atom is -0.507 e. The van der Waals surface area contributed by atoms with Crippen LogP contribution in [-0.4, -0.2) is 97.0 Å². The van der Waals surface area contributed by atoms with E-state index in [-0.39, 0.29) is 110 Å². The maximum Gasteiger partial charge on any atom is 0.267 e. The summed E-state index contributed by atoms with van der Waals surface area (Å²) in [4.78, 5) is 28.4. The summed E-state index contributed by atoms with van der Waals surface area (Å²) >= 11 is 0. The molecule has 0 atom stereocenters. The molecular weight excluding hydrogens is 698 g/mol. The zero-order valence-corrected chi connectivity index (χ0v) is 30.2. The molecule has 0 radical (unpaired) electrons. The Morgan fingerprint density at radius 2 is 1.33 bits per heavy atom. The summed E-state index contributed by atoms with van der Waals surface area (Å²) in [5.74, 6) is -0.326. The summed E-state index contributed by atoms with van der Waals surface area (Å²) in [6.45, 7) is 2.62. The number of benzene rings is 5. The van der Waals surface area contributed by atoms with E-state index in [1.165, 1.54) is 33.5 Å². The number of rotatable bonds is 18. The lowest BCUT2D eigenvalue weighted by atomic mass is 9.83. The Labute approximate surface area is 298 Å². The van der Waals surface area contributed by atoms with Crippen LogP contribution in [0.25, 0.3) is 49.2 Å². The average molecular weight is 740 g/mol. The van der Waals surface area contributed by atoms with Crippen LogP contribution in [0, 0.1) is 0 Å². The van der Waals surface area contributed by atoms with Crippen molar-refractivity contribution in [1.29, 1.82) is 0 Å². The smallest absolute Gasteiger partial charge is 0.267 e. The van der Waals surface area contributed by atoms with Gasteiger partial charge in [-0.05, 0) is 31.6 Å². The topological polar surface area (TPSA) is 196 Å². The molecule has 0 aromatic heterocycles. The highest BCUT2D eigenvalue weighted by Gasteiger charge is 2.32. The molecule has 14 nitrogen and oxygen atoms in total. The number of unbranched alkanes of at least 4 members (excludes halogenated alkanes) is 1. The zero-order valence-electron chi connectivity index (χ0n) is 29.3. The Bertz CT molecular complexity index is 2410. The fourth-order valence-electron chi connectivity index (χ4n) is 7.19. The highest BCUT2D eigenvalue weighted by Crippen LogP contribution is 2.54. The Morgan fingerprint density at radius 1 is 0.731 bits per heavy atom. The second-order valence-corrected chi connectivity index (χ2v) is 14.2. The highest BCUT2D eigenvalue weighted by atomic mass is 32.2.